The number of nitrogen functional groups attached to an aromatic ring is 1. The second-order valence-corrected chi connectivity index (χ2v) is 15.5. The third-order valence-corrected chi connectivity index (χ3v) is 10.9. The maximum absolute atomic E-state index is 14.3. The van der Waals surface area contributed by atoms with Gasteiger partial charge >= 0.3 is 5.97 Å². The minimum atomic E-state index is -1.75. The van der Waals surface area contributed by atoms with Crippen molar-refractivity contribution < 1.29 is 48.3 Å². The van der Waals surface area contributed by atoms with Crippen molar-refractivity contribution in [3.8, 4) is 0 Å². The lowest BCUT2D eigenvalue weighted by molar-refractivity contribution is -0.296. The van der Waals surface area contributed by atoms with E-state index in [1.165, 1.54) is 13.8 Å². The van der Waals surface area contributed by atoms with Gasteiger partial charge < -0.3 is 54.8 Å². The molecule has 0 unspecified atom stereocenters. The van der Waals surface area contributed by atoms with E-state index in [0.29, 0.717) is 17.8 Å². The van der Waals surface area contributed by atoms with E-state index in [9.17, 15) is 25.2 Å². The number of Topliss-reactive ketones (excluding diaryl/α,β-unsaturated/α-hetero) is 1. The first-order valence-electron chi connectivity index (χ1n) is 18.3. The fourth-order valence-corrected chi connectivity index (χ4v) is 7.49. The van der Waals surface area contributed by atoms with Crippen LogP contribution >= 0.6 is 0 Å². The lowest BCUT2D eigenvalue weighted by atomic mass is 9.76. The molecule has 0 saturated carbocycles. The van der Waals surface area contributed by atoms with Crippen LogP contribution in [0.4, 0.5) is 5.69 Å². The number of aliphatic hydroxyl groups excluding tert-OH is 1. The van der Waals surface area contributed by atoms with Crippen LogP contribution in [0.25, 0.3) is 0 Å². The van der Waals surface area contributed by atoms with Gasteiger partial charge in [-0.25, -0.2) is 0 Å². The number of hydrogen-bond donors (Lipinski definition) is 4. The van der Waals surface area contributed by atoms with Gasteiger partial charge in [0, 0.05) is 29.8 Å². The van der Waals surface area contributed by atoms with Crippen molar-refractivity contribution in [1.29, 1.82) is 5.41 Å². The van der Waals surface area contributed by atoms with Crippen LogP contribution in [0.1, 0.15) is 79.7 Å². The Labute approximate surface area is 307 Å². The molecule has 0 spiro atoms. The number of nitrogens with zero attached hydrogens (tertiary/aromatic N) is 2. The van der Waals surface area contributed by atoms with E-state index in [1.807, 2.05) is 45.0 Å². The summed E-state index contributed by atoms with van der Waals surface area (Å²) in [4.78, 5) is 35.6. The number of benzene rings is 1. The molecule has 0 radical (unpaired) electrons. The number of esters is 1. The number of rotatable bonds is 7. The molecular weight excluding hydrogens is 672 g/mol. The number of ether oxygens (including phenoxy) is 5. The molecule has 14 nitrogen and oxygen atoms in total. The highest BCUT2D eigenvalue weighted by atomic mass is 16.7. The molecular formula is C38H60N4O10. The summed E-state index contributed by atoms with van der Waals surface area (Å²) in [6.45, 7) is 11.9. The van der Waals surface area contributed by atoms with Crippen molar-refractivity contribution in [2.24, 2.45) is 22.9 Å². The molecule has 3 fully saturated rings. The Morgan fingerprint density at radius 1 is 1.10 bits per heavy atom. The van der Waals surface area contributed by atoms with Crippen molar-refractivity contribution in [2.45, 2.75) is 135 Å². The highest BCUT2D eigenvalue weighted by molar-refractivity contribution is 6.00. The number of aliphatic hydroxyl groups is 2. The summed E-state index contributed by atoms with van der Waals surface area (Å²) in [6, 6.07) is 6.90. The van der Waals surface area contributed by atoms with Gasteiger partial charge in [0.25, 0.3) is 0 Å². The van der Waals surface area contributed by atoms with Gasteiger partial charge in [0.1, 0.15) is 36.0 Å². The monoisotopic (exact) mass is 732 g/mol. The Morgan fingerprint density at radius 2 is 1.77 bits per heavy atom. The van der Waals surface area contributed by atoms with E-state index in [-0.39, 0.29) is 56.9 Å². The van der Waals surface area contributed by atoms with E-state index >= 15 is 0 Å². The van der Waals surface area contributed by atoms with Crippen LogP contribution in [-0.2, 0) is 44.7 Å². The predicted molar refractivity (Wildman–Crippen MR) is 195 cm³/mol. The quantitative estimate of drug-likeness (QED) is 0.138. The SMILES string of the molecule is CC[C@@H]1OC(=O)[C@H](C)C(=O)[C@H](C)[C@@H](O[C@@H]2O[C@H](C)C[C@H](N(C)C)[C@H]2O)[C@@]2(C)C[C@@H](C)C(=N)C[C@H](OC/C(=N/OCc3ccc(N)cc3)CO2)[C@]1(C)O. The Kier molecular flexibility index (Phi) is 14.0. The van der Waals surface area contributed by atoms with E-state index in [0.717, 1.165) is 5.56 Å². The van der Waals surface area contributed by atoms with Crippen molar-refractivity contribution in [3.05, 3.63) is 29.8 Å². The third kappa shape index (κ3) is 9.76. The number of carbonyl (C=O) groups excluding carboxylic acids is 2. The summed E-state index contributed by atoms with van der Waals surface area (Å²) in [5, 5.41) is 37.1. The lowest BCUT2D eigenvalue weighted by Crippen LogP contribution is -2.59. The first-order valence-corrected chi connectivity index (χ1v) is 18.3. The van der Waals surface area contributed by atoms with Crippen molar-refractivity contribution in [1.82, 2.24) is 4.90 Å². The summed E-state index contributed by atoms with van der Waals surface area (Å²) in [5.74, 6) is -3.89. The number of fused-ring (bicyclic) bond motifs is 5. The molecule has 12 atom stereocenters. The first-order chi connectivity index (χ1) is 24.4. The van der Waals surface area contributed by atoms with Crippen LogP contribution in [-0.4, -0.2) is 120 Å². The minimum Gasteiger partial charge on any atom is -0.459 e. The number of nitrogens with one attached hydrogen (secondary N) is 1. The van der Waals surface area contributed by atoms with Gasteiger partial charge in [0.05, 0.1) is 37.1 Å². The standard InChI is InChI=1S/C38H60N4O10/c1-10-30-38(7,46)31-16-28(40)21(2)17-37(6,48-20-27(19-47-31)41-49-18-25-11-13-26(39)14-12-25)34(23(4)32(43)24(5)35(45)51-30)52-36-33(44)29(42(8)9)15-22(3)50-36/h11-14,21-24,29-31,33-34,36,40,44,46H,10,15-20,39H2,1-9H3/b40-28?,41-27-/t21-,22-,23+,24-,29+,30+,31+,33-,34-,36+,37-,38-/m1/s1. The zero-order valence-electron chi connectivity index (χ0n) is 32.2. The molecule has 3 heterocycles. The maximum Gasteiger partial charge on any atom is 0.316 e. The number of oxime groups is 1. The van der Waals surface area contributed by atoms with Gasteiger partial charge in [-0.15, -0.1) is 0 Å². The van der Waals surface area contributed by atoms with E-state index in [1.54, 1.807) is 32.9 Å². The number of cyclic esters (lactones) is 1. The normalized spacial score (nSPS) is 39.4. The first kappa shape index (κ1) is 41.8. The van der Waals surface area contributed by atoms with E-state index in [4.69, 9.17) is 34.3 Å². The predicted octanol–water partition coefficient (Wildman–Crippen LogP) is 3.49. The largest absolute Gasteiger partial charge is 0.459 e. The Morgan fingerprint density at radius 3 is 2.40 bits per heavy atom. The van der Waals surface area contributed by atoms with Gasteiger partial charge in [0.2, 0.25) is 0 Å². The molecule has 5 N–H and O–H groups in total. The van der Waals surface area contributed by atoms with Crippen molar-refractivity contribution >= 4 is 28.9 Å². The molecule has 14 heteroatoms. The zero-order valence-corrected chi connectivity index (χ0v) is 32.2. The molecule has 1 aromatic rings. The average Bonchev–Trinajstić information content (AvgIpc) is 3.11. The molecule has 0 aromatic heterocycles. The van der Waals surface area contributed by atoms with Crippen molar-refractivity contribution in [2.75, 3.05) is 33.0 Å². The number of hydrogen-bond acceptors (Lipinski definition) is 14. The molecule has 0 aliphatic carbocycles. The zero-order chi connectivity index (χ0) is 38.5. The summed E-state index contributed by atoms with van der Waals surface area (Å²) in [5.41, 5.74) is 4.84. The summed E-state index contributed by atoms with van der Waals surface area (Å²) >= 11 is 0. The summed E-state index contributed by atoms with van der Waals surface area (Å²) in [6.07, 6.45) is -4.58. The second-order valence-electron chi connectivity index (χ2n) is 15.5. The molecule has 1 aromatic carbocycles. The number of ketones is 1. The fraction of sp³-hybridized carbons (Fsp3) is 0.737. The Bertz CT molecular complexity index is 1420. The second kappa shape index (κ2) is 17.4. The molecule has 52 heavy (non-hydrogen) atoms. The van der Waals surface area contributed by atoms with E-state index < -0.39 is 71.4 Å². The third-order valence-electron chi connectivity index (χ3n) is 10.9. The highest BCUT2D eigenvalue weighted by Crippen LogP contribution is 2.38. The van der Waals surface area contributed by atoms with Gasteiger partial charge in [0.15, 0.2) is 12.1 Å². The molecule has 4 rings (SSSR count). The smallest absolute Gasteiger partial charge is 0.316 e. The van der Waals surface area contributed by atoms with E-state index in [2.05, 4.69) is 5.16 Å². The Hall–Kier alpha value is -2.98. The number of likely N-dealkylation sites (N-methyl/N-ethyl adjacent to an activating group) is 1. The van der Waals surface area contributed by atoms with Gasteiger partial charge in [-0.05, 0) is 84.7 Å². The van der Waals surface area contributed by atoms with Crippen LogP contribution in [0.3, 0.4) is 0 Å². The van der Waals surface area contributed by atoms with Gasteiger partial charge in [-0.1, -0.05) is 38.1 Å². The molecule has 3 aliphatic heterocycles. The van der Waals surface area contributed by atoms with Crippen LogP contribution in [0.15, 0.2) is 29.4 Å². The average molecular weight is 733 g/mol. The van der Waals surface area contributed by atoms with Gasteiger partial charge in [-0.3, -0.25) is 9.59 Å². The summed E-state index contributed by atoms with van der Waals surface area (Å²) in [7, 11) is 3.75. The van der Waals surface area contributed by atoms with Crippen LogP contribution in [0.5, 0.6) is 0 Å². The highest BCUT2D eigenvalue weighted by Gasteiger charge is 2.51. The molecule has 3 aliphatic rings. The lowest BCUT2D eigenvalue weighted by Gasteiger charge is -2.47. The molecule has 2 bridgehead atoms. The summed E-state index contributed by atoms with van der Waals surface area (Å²) < 4.78 is 31.8. The van der Waals surface area contributed by atoms with Crippen LogP contribution < -0.4 is 5.73 Å². The number of anilines is 1. The Balaban J connectivity index is 1.83. The van der Waals surface area contributed by atoms with Crippen LogP contribution in [0.2, 0.25) is 0 Å². The molecule has 0 amide bonds. The van der Waals surface area contributed by atoms with Gasteiger partial charge in [-0.2, -0.15) is 0 Å². The minimum absolute atomic E-state index is 0.0138. The fourth-order valence-electron chi connectivity index (χ4n) is 7.49. The number of nitrogens with two attached hydrogens (primary N) is 1. The molecule has 3 saturated heterocycles. The maximum atomic E-state index is 14.3. The van der Waals surface area contributed by atoms with Crippen LogP contribution in [0, 0.1) is 23.2 Å². The molecule has 292 valence electrons. The van der Waals surface area contributed by atoms with Crippen molar-refractivity contribution in [3.63, 3.8) is 0 Å². The number of carbonyl (C=O) groups is 2. The topological polar surface area (TPSA) is 195 Å².